The first kappa shape index (κ1) is 15.7. The fourth-order valence-electron chi connectivity index (χ4n) is 2.97. The second kappa shape index (κ2) is 7.97. The van der Waals surface area contributed by atoms with Gasteiger partial charge < -0.3 is 15.8 Å². The van der Waals surface area contributed by atoms with E-state index in [4.69, 9.17) is 10.5 Å². The van der Waals surface area contributed by atoms with Crippen molar-refractivity contribution in [3.8, 4) is 0 Å². The van der Waals surface area contributed by atoms with Crippen molar-refractivity contribution in [2.24, 2.45) is 11.7 Å². The lowest BCUT2D eigenvalue weighted by Gasteiger charge is -2.30. The molecule has 2 atom stereocenters. The highest BCUT2D eigenvalue weighted by Gasteiger charge is 2.29. The predicted molar refractivity (Wildman–Crippen MR) is 73.8 cm³/mol. The Balaban J connectivity index is 0.00000162. The molecule has 1 unspecified atom stereocenters. The van der Waals surface area contributed by atoms with Crippen LogP contribution < -0.4 is 11.1 Å². The molecule has 1 aliphatic carbocycles. The van der Waals surface area contributed by atoms with Crippen LogP contribution in [0.25, 0.3) is 0 Å². The summed E-state index contributed by atoms with van der Waals surface area (Å²) in [6, 6.07) is 0.145. The number of halogens is 1. The zero-order chi connectivity index (χ0) is 12.1. The first-order valence-corrected chi connectivity index (χ1v) is 6.93. The highest BCUT2D eigenvalue weighted by atomic mass is 35.5. The van der Waals surface area contributed by atoms with Crippen LogP contribution in [-0.4, -0.2) is 31.2 Å². The molecule has 2 aliphatic rings. The SMILES string of the molecule is Cl.NCC(NC(=O)[C@H]1CCCO1)C1CCCCC1. The van der Waals surface area contributed by atoms with E-state index < -0.39 is 0 Å². The zero-order valence-corrected chi connectivity index (χ0v) is 11.7. The molecule has 0 aromatic rings. The van der Waals surface area contributed by atoms with Crippen LogP contribution in [-0.2, 0) is 9.53 Å². The van der Waals surface area contributed by atoms with Gasteiger partial charge in [-0.25, -0.2) is 0 Å². The van der Waals surface area contributed by atoms with Crippen molar-refractivity contribution in [3.05, 3.63) is 0 Å². The lowest BCUT2D eigenvalue weighted by Crippen LogP contribution is -2.49. The normalized spacial score (nSPS) is 26.4. The van der Waals surface area contributed by atoms with Crippen LogP contribution in [0.4, 0.5) is 0 Å². The Morgan fingerprint density at radius 1 is 1.22 bits per heavy atom. The molecule has 2 fully saturated rings. The molecule has 0 aromatic heterocycles. The van der Waals surface area contributed by atoms with E-state index >= 15 is 0 Å². The van der Waals surface area contributed by atoms with Gasteiger partial charge in [0.25, 0.3) is 0 Å². The minimum Gasteiger partial charge on any atom is -0.368 e. The quantitative estimate of drug-likeness (QED) is 0.820. The van der Waals surface area contributed by atoms with Crippen molar-refractivity contribution in [1.82, 2.24) is 5.32 Å². The fraction of sp³-hybridized carbons (Fsp3) is 0.923. The molecule has 1 aliphatic heterocycles. The molecule has 0 aromatic carbocycles. The van der Waals surface area contributed by atoms with Crippen LogP contribution in [0.15, 0.2) is 0 Å². The number of carbonyl (C=O) groups is 1. The molecule has 1 saturated carbocycles. The molecular weight excluding hydrogens is 252 g/mol. The van der Waals surface area contributed by atoms with Gasteiger partial charge in [-0.1, -0.05) is 19.3 Å². The number of nitrogens with one attached hydrogen (secondary N) is 1. The van der Waals surface area contributed by atoms with Crippen LogP contribution in [0.5, 0.6) is 0 Å². The van der Waals surface area contributed by atoms with Gasteiger partial charge in [0.1, 0.15) is 6.10 Å². The van der Waals surface area contributed by atoms with Gasteiger partial charge in [0, 0.05) is 19.2 Å². The lowest BCUT2D eigenvalue weighted by molar-refractivity contribution is -0.131. The molecular formula is C13H25ClN2O2. The van der Waals surface area contributed by atoms with Crippen LogP contribution in [0.1, 0.15) is 44.9 Å². The number of carbonyl (C=O) groups excluding carboxylic acids is 1. The predicted octanol–water partition coefficient (Wildman–Crippen LogP) is 1.61. The number of hydrogen-bond acceptors (Lipinski definition) is 3. The summed E-state index contributed by atoms with van der Waals surface area (Å²) < 4.78 is 5.39. The molecule has 3 N–H and O–H groups in total. The summed E-state index contributed by atoms with van der Waals surface area (Å²) in [6.45, 7) is 1.26. The maximum absolute atomic E-state index is 12.0. The third-order valence-electron chi connectivity index (χ3n) is 4.02. The van der Waals surface area contributed by atoms with Gasteiger partial charge in [-0.05, 0) is 31.6 Å². The average Bonchev–Trinajstić information content (AvgIpc) is 2.90. The van der Waals surface area contributed by atoms with E-state index in [1.54, 1.807) is 0 Å². The summed E-state index contributed by atoms with van der Waals surface area (Å²) in [5.74, 6) is 0.614. The van der Waals surface area contributed by atoms with E-state index in [1.165, 1.54) is 32.1 Å². The fourth-order valence-corrected chi connectivity index (χ4v) is 2.97. The Morgan fingerprint density at radius 2 is 1.94 bits per heavy atom. The summed E-state index contributed by atoms with van der Waals surface area (Å²) in [6.07, 6.45) is 7.90. The van der Waals surface area contributed by atoms with Gasteiger partial charge in [-0.15, -0.1) is 12.4 Å². The molecule has 5 heteroatoms. The van der Waals surface area contributed by atoms with Gasteiger partial charge in [0.05, 0.1) is 0 Å². The molecule has 0 radical (unpaired) electrons. The Labute approximate surface area is 115 Å². The van der Waals surface area contributed by atoms with E-state index in [1.807, 2.05) is 0 Å². The minimum atomic E-state index is -0.229. The highest BCUT2D eigenvalue weighted by Crippen LogP contribution is 2.26. The molecule has 1 amide bonds. The number of hydrogen-bond donors (Lipinski definition) is 2. The zero-order valence-electron chi connectivity index (χ0n) is 10.9. The van der Waals surface area contributed by atoms with Crippen LogP contribution in [0.3, 0.4) is 0 Å². The van der Waals surface area contributed by atoms with E-state index in [-0.39, 0.29) is 30.5 Å². The number of rotatable bonds is 4. The molecule has 0 bridgehead atoms. The van der Waals surface area contributed by atoms with E-state index in [0.717, 1.165) is 19.4 Å². The van der Waals surface area contributed by atoms with Gasteiger partial charge in [-0.2, -0.15) is 0 Å². The first-order valence-electron chi connectivity index (χ1n) is 6.93. The average molecular weight is 277 g/mol. The number of ether oxygens (including phenoxy) is 1. The maximum atomic E-state index is 12.0. The van der Waals surface area contributed by atoms with Gasteiger partial charge >= 0.3 is 0 Å². The summed E-state index contributed by atoms with van der Waals surface area (Å²) in [5, 5.41) is 3.09. The monoisotopic (exact) mass is 276 g/mol. The summed E-state index contributed by atoms with van der Waals surface area (Å²) in [7, 11) is 0. The maximum Gasteiger partial charge on any atom is 0.249 e. The van der Waals surface area contributed by atoms with Crippen molar-refractivity contribution in [3.63, 3.8) is 0 Å². The summed E-state index contributed by atoms with van der Waals surface area (Å²) >= 11 is 0. The molecule has 1 heterocycles. The van der Waals surface area contributed by atoms with E-state index in [9.17, 15) is 4.79 Å². The van der Waals surface area contributed by atoms with Crippen molar-refractivity contribution in [1.29, 1.82) is 0 Å². The smallest absolute Gasteiger partial charge is 0.249 e. The van der Waals surface area contributed by atoms with Gasteiger partial charge in [-0.3, -0.25) is 4.79 Å². The summed E-state index contributed by atoms with van der Waals surface area (Å²) in [5.41, 5.74) is 5.80. The largest absolute Gasteiger partial charge is 0.368 e. The topological polar surface area (TPSA) is 64.3 Å². The third-order valence-corrected chi connectivity index (χ3v) is 4.02. The van der Waals surface area contributed by atoms with Crippen LogP contribution >= 0.6 is 12.4 Å². The second-order valence-electron chi connectivity index (χ2n) is 5.25. The molecule has 2 rings (SSSR count). The molecule has 18 heavy (non-hydrogen) atoms. The van der Waals surface area contributed by atoms with E-state index in [0.29, 0.717) is 12.5 Å². The highest BCUT2D eigenvalue weighted by molar-refractivity contribution is 5.85. The Bertz CT molecular complexity index is 251. The minimum absolute atomic E-state index is 0. The van der Waals surface area contributed by atoms with Crippen molar-refractivity contribution in [2.45, 2.75) is 57.1 Å². The standard InChI is InChI=1S/C13H24N2O2.ClH/c14-9-11(10-5-2-1-3-6-10)15-13(16)12-7-4-8-17-12;/h10-12H,1-9,14H2,(H,15,16);1H/t11?,12-;/m1./s1. The molecule has 1 saturated heterocycles. The number of nitrogens with two attached hydrogens (primary N) is 1. The summed E-state index contributed by atoms with van der Waals surface area (Å²) in [4.78, 5) is 12.0. The second-order valence-corrected chi connectivity index (χ2v) is 5.25. The van der Waals surface area contributed by atoms with Crippen molar-refractivity contribution < 1.29 is 9.53 Å². The molecule has 0 spiro atoms. The molecule has 4 nitrogen and oxygen atoms in total. The number of amides is 1. The molecule has 106 valence electrons. The van der Waals surface area contributed by atoms with Crippen LogP contribution in [0, 0.1) is 5.92 Å². The third kappa shape index (κ3) is 4.11. The Hall–Kier alpha value is -0.320. The van der Waals surface area contributed by atoms with Crippen molar-refractivity contribution in [2.75, 3.05) is 13.2 Å². The lowest BCUT2D eigenvalue weighted by atomic mass is 9.84. The van der Waals surface area contributed by atoms with Crippen molar-refractivity contribution >= 4 is 18.3 Å². The van der Waals surface area contributed by atoms with E-state index in [2.05, 4.69) is 5.32 Å². The Kier molecular flexibility index (Phi) is 6.97. The van der Waals surface area contributed by atoms with Gasteiger partial charge in [0.15, 0.2) is 0 Å². The Morgan fingerprint density at radius 3 is 2.50 bits per heavy atom. The first-order chi connectivity index (χ1) is 8.31. The van der Waals surface area contributed by atoms with Gasteiger partial charge in [0.2, 0.25) is 5.91 Å². The van der Waals surface area contributed by atoms with Crippen LogP contribution in [0.2, 0.25) is 0 Å².